The fourth-order valence-corrected chi connectivity index (χ4v) is 3.55. The van der Waals surface area contributed by atoms with Gasteiger partial charge in [-0.1, -0.05) is 20.8 Å². The summed E-state index contributed by atoms with van der Waals surface area (Å²) in [6.45, 7) is 11.5. The van der Waals surface area contributed by atoms with E-state index in [1.165, 1.54) is 24.8 Å². The molecular weight excluding hydrogens is 184 g/mol. The van der Waals surface area contributed by atoms with Crippen molar-refractivity contribution in [1.82, 2.24) is 0 Å². The van der Waals surface area contributed by atoms with Crippen molar-refractivity contribution in [3.05, 3.63) is 11.8 Å². The van der Waals surface area contributed by atoms with E-state index in [-0.39, 0.29) is 0 Å². The number of hydrogen-bond donors (Lipinski definition) is 0. The number of ether oxygens (including phenoxy) is 1. The van der Waals surface area contributed by atoms with Crippen molar-refractivity contribution in [1.29, 1.82) is 0 Å². The molecule has 0 amide bonds. The molecule has 86 valence electrons. The van der Waals surface area contributed by atoms with Crippen molar-refractivity contribution in [3.63, 3.8) is 0 Å². The Labute approximate surface area is 93.9 Å². The molecule has 0 spiro atoms. The Bertz CT molecular complexity index is 286. The van der Waals surface area contributed by atoms with Gasteiger partial charge in [-0.15, -0.1) is 0 Å². The zero-order valence-electron chi connectivity index (χ0n) is 10.8. The average Bonchev–Trinajstić information content (AvgIpc) is 2.46. The van der Waals surface area contributed by atoms with E-state index in [4.69, 9.17) is 4.74 Å². The summed E-state index contributed by atoms with van der Waals surface area (Å²) in [4.78, 5) is 0. The van der Waals surface area contributed by atoms with Crippen LogP contribution in [0.15, 0.2) is 11.8 Å². The highest BCUT2D eigenvalue weighted by Crippen LogP contribution is 2.66. The van der Waals surface area contributed by atoms with Crippen molar-refractivity contribution >= 4 is 0 Å². The second kappa shape index (κ2) is 3.26. The number of rotatable bonds is 2. The van der Waals surface area contributed by atoms with E-state index < -0.39 is 0 Å². The monoisotopic (exact) mass is 208 g/mol. The molecule has 3 atom stereocenters. The zero-order chi connectivity index (χ0) is 11.3. The molecular formula is C14H24O. The first-order valence-electron chi connectivity index (χ1n) is 6.17. The molecule has 1 heteroatoms. The van der Waals surface area contributed by atoms with Gasteiger partial charge in [0.2, 0.25) is 0 Å². The van der Waals surface area contributed by atoms with Gasteiger partial charge in [-0.2, -0.15) is 0 Å². The Hall–Kier alpha value is -0.460. The van der Waals surface area contributed by atoms with Crippen molar-refractivity contribution < 1.29 is 4.74 Å². The van der Waals surface area contributed by atoms with Crippen LogP contribution in [0.5, 0.6) is 0 Å². The summed E-state index contributed by atoms with van der Waals surface area (Å²) >= 11 is 0. The minimum atomic E-state index is 0.392. The molecule has 0 aromatic carbocycles. The molecule has 0 heterocycles. The lowest BCUT2D eigenvalue weighted by Crippen LogP contribution is -2.36. The Balaban J connectivity index is 2.16. The van der Waals surface area contributed by atoms with Crippen molar-refractivity contribution in [2.75, 3.05) is 0 Å². The third-order valence-electron chi connectivity index (χ3n) is 5.18. The Morgan fingerprint density at radius 2 is 1.93 bits per heavy atom. The van der Waals surface area contributed by atoms with Crippen LogP contribution in [0.4, 0.5) is 0 Å². The molecule has 2 saturated carbocycles. The summed E-state index contributed by atoms with van der Waals surface area (Å²) in [5.41, 5.74) is 2.12. The van der Waals surface area contributed by atoms with Crippen molar-refractivity contribution in [2.45, 2.75) is 60.0 Å². The number of hydrogen-bond acceptors (Lipinski definition) is 1. The minimum absolute atomic E-state index is 0.392. The summed E-state index contributed by atoms with van der Waals surface area (Å²) in [6.07, 6.45) is 6.39. The van der Waals surface area contributed by atoms with Gasteiger partial charge in [0.15, 0.2) is 0 Å². The molecule has 0 aromatic rings. The molecule has 0 aliphatic heterocycles. The van der Waals surface area contributed by atoms with Crippen LogP contribution in [0, 0.1) is 16.7 Å². The van der Waals surface area contributed by atoms with Crippen LogP contribution < -0.4 is 0 Å². The smallest absolute Gasteiger partial charge is 0.104 e. The average molecular weight is 208 g/mol. The second-order valence-corrected chi connectivity index (χ2v) is 6.43. The highest BCUT2D eigenvalue weighted by molar-refractivity contribution is 5.11. The van der Waals surface area contributed by atoms with Crippen LogP contribution in [0.3, 0.4) is 0 Å². The third-order valence-corrected chi connectivity index (χ3v) is 5.18. The van der Waals surface area contributed by atoms with Crippen LogP contribution in [-0.2, 0) is 4.74 Å². The lowest BCUT2D eigenvalue weighted by molar-refractivity contribution is 0.000607. The van der Waals surface area contributed by atoms with Gasteiger partial charge in [0.1, 0.15) is 6.10 Å². The molecule has 0 radical (unpaired) electrons. The molecule has 2 aliphatic carbocycles. The molecule has 2 aliphatic rings. The first-order valence-corrected chi connectivity index (χ1v) is 6.17. The highest BCUT2D eigenvalue weighted by Gasteiger charge is 2.62. The van der Waals surface area contributed by atoms with Crippen LogP contribution in [0.25, 0.3) is 0 Å². The fraction of sp³-hybridized carbons (Fsp3) is 0.857. The normalized spacial score (nSPS) is 41.7. The van der Waals surface area contributed by atoms with E-state index in [1.54, 1.807) is 0 Å². The van der Waals surface area contributed by atoms with Crippen LogP contribution >= 0.6 is 0 Å². The molecule has 15 heavy (non-hydrogen) atoms. The maximum absolute atomic E-state index is 5.97. The van der Waals surface area contributed by atoms with Crippen LogP contribution in [0.1, 0.15) is 53.9 Å². The molecule has 3 unspecified atom stereocenters. The maximum atomic E-state index is 5.97. The summed E-state index contributed by atoms with van der Waals surface area (Å²) in [5, 5.41) is 0. The van der Waals surface area contributed by atoms with Crippen molar-refractivity contribution in [3.8, 4) is 0 Å². The predicted octanol–water partition coefficient (Wildman–Crippen LogP) is 4.14. The predicted molar refractivity (Wildman–Crippen MR) is 63.5 cm³/mol. The van der Waals surface area contributed by atoms with Gasteiger partial charge in [-0.3, -0.25) is 0 Å². The number of fused-ring (bicyclic) bond motifs is 2. The van der Waals surface area contributed by atoms with E-state index in [2.05, 4.69) is 34.6 Å². The van der Waals surface area contributed by atoms with E-state index in [1.807, 2.05) is 6.26 Å². The Morgan fingerprint density at radius 3 is 2.33 bits per heavy atom. The van der Waals surface area contributed by atoms with Gasteiger partial charge in [-0.05, 0) is 50.0 Å². The molecule has 1 nitrogen and oxygen atoms in total. The van der Waals surface area contributed by atoms with Crippen molar-refractivity contribution in [2.24, 2.45) is 16.7 Å². The fourth-order valence-electron chi connectivity index (χ4n) is 3.55. The first-order chi connectivity index (χ1) is 6.88. The van der Waals surface area contributed by atoms with Gasteiger partial charge < -0.3 is 4.74 Å². The van der Waals surface area contributed by atoms with Gasteiger partial charge in [0.05, 0.1) is 6.26 Å². The van der Waals surface area contributed by atoms with Gasteiger partial charge in [0, 0.05) is 5.41 Å². The molecule has 2 fully saturated rings. The van der Waals surface area contributed by atoms with Gasteiger partial charge >= 0.3 is 0 Å². The molecule has 0 aromatic heterocycles. The quantitative estimate of drug-likeness (QED) is 0.620. The first kappa shape index (κ1) is 11.0. The van der Waals surface area contributed by atoms with Gasteiger partial charge in [-0.25, -0.2) is 0 Å². The Kier molecular flexibility index (Phi) is 2.40. The van der Waals surface area contributed by atoms with Crippen LogP contribution in [-0.4, -0.2) is 6.10 Å². The number of allylic oxidation sites excluding steroid dienone is 1. The van der Waals surface area contributed by atoms with Gasteiger partial charge in [0.25, 0.3) is 0 Å². The van der Waals surface area contributed by atoms with E-state index in [0.717, 1.165) is 5.92 Å². The molecule has 2 bridgehead atoms. The summed E-state index contributed by atoms with van der Waals surface area (Å²) in [7, 11) is 0. The van der Waals surface area contributed by atoms with E-state index >= 15 is 0 Å². The maximum Gasteiger partial charge on any atom is 0.104 e. The van der Waals surface area contributed by atoms with E-state index in [0.29, 0.717) is 16.9 Å². The topological polar surface area (TPSA) is 9.23 Å². The lowest BCUT2D eigenvalue weighted by Gasteiger charge is -2.38. The largest absolute Gasteiger partial charge is 0.498 e. The standard InChI is InChI=1S/C14H24O/c1-10(2)9-15-12-8-11-6-7-14(12,5)13(11,3)4/h9,11-12H,6-8H2,1-5H3. The summed E-state index contributed by atoms with van der Waals surface area (Å²) in [5.74, 6) is 0.873. The molecule has 0 saturated heterocycles. The SMILES string of the molecule is CC(C)=COC1CC2CCC1(C)C2(C)C. The van der Waals surface area contributed by atoms with E-state index in [9.17, 15) is 0 Å². The lowest BCUT2D eigenvalue weighted by atomic mass is 9.70. The third kappa shape index (κ3) is 1.43. The second-order valence-electron chi connectivity index (χ2n) is 6.43. The highest BCUT2D eigenvalue weighted by atomic mass is 16.5. The Morgan fingerprint density at radius 1 is 1.27 bits per heavy atom. The minimum Gasteiger partial charge on any atom is -0.498 e. The molecule has 2 rings (SSSR count). The molecule has 0 N–H and O–H groups in total. The summed E-state index contributed by atoms with van der Waals surface area (Å²) < 4.78 is 5.97. The zero-order valence-corrected chi connectivity index (χ0v) is 10.8. The van der Waals surface area contributed by atoms with Crippen LogP contribution in [0.2, 0.25) is 0 Å². The summed E-state index contributed by atoms with van der Waals surface area (Å²) in [6, 6.07) is 0.